The highest BCUT2D eigenvalue weighted by Crippen LogP contribution is 2.14. The average molecular weight is 495 g/mol. The summed E-state index contributed by atoms with van der Waals surface area (Å²) in [5.74, 6) is -0.141. The number of nitrogens with one attached hydrogen (secondary N) is 3. The van der Waals surface area contributed by atoms with Crippen LogP contribution >= 0.6 is 0 Å². The van der Waals surface area contributed by atoms with Gasteiger partial charge in [-0.3, -0.25) is 15.0 Å². The number of rotatable bonds is 17. The van der Waals surface area contributed by atoms with Crippen LogP contribution in [0.25, 0.3) is 0 Å². The molecule has 2 rings (SSSR count). The summed E-state index contributed by atoms with van der Waals surface area (Å²) in [5.41, 5.74) is 8.48. The molecule has 2 aromatic carbocycles. The summed E-state index contributed by atoms with van der Waals surface area (Å²) in [6.07, 6.45) is 7.07. The van der Waals surface area contributed by atoms with Crippen molar-refractivity contribution >= 4 is 17.7 Å². The van der Waals surface area contributed by atoms with Gasteiger partial charge < -0.3 is 21.1 Å². The quantitative estimate of drug-likeness (QED) is 0.113. The molecule has 2 atom stereocenters. The minimum absolute atomic E-state index is 0.0378. The Kier molecular flexibility index (Phi) is 13.3. The van der Waals surface area contributed by atoms with Gasteiger partial charge >= 0.3 is 5.97 Å². The monoisotopic (exact) mass is 494 g/mol. The smallest absolute Gasteiger partial charge is 0.305 e. The summed E-state index contributed by atoms with van der Waals surface area (Å²) in [7, 11) is 1.43. The van der Waals surface area contributed by atoms with E-state index in [0.717, 1.165) is 57.1 Å². The predicted molar refractivity (Wildman–Crippen MR) is 145 cm³/mol. The zero-order chi connectivity index (χ0) is 26.2. The molecular formula is C29H42N4O3. The van der Waals surface area contributed by atoms with Crippen molar-refractivity contribution in [2.45, 2.75) is 70.9 Å². The minimum Gasteiger partial charge on any atom is -0.469 e. The van der Waals surface area contributed by atoms with Crippen molar-refractivity contribution in [2.75, 3.05) is 13.7 Å². The molecule has 0 unspecified atom stereocenters. The molecule has 5 N–H and O–H groups in total. The molecule has 7 nitrogen and oxygen atoms in total. The lowest BCUT2D eigenvalue weighted by Gasteiger charge is -2.21. The number of hydrogen-bond donors (Lipinski definition) is 4. The van der Waals surface area contributed by atoms with Crippen LogP contribution < -0.4 is 16.4 Å². The maximum absolute atomic E-state index is 12.7. The van der Waals surface area contributed by atoms with E-state index in [1.807, 2.05) is 25.1 Å². The van der Waals surface area contributed by atoms with Gasteiger partial charge in [-0.2, -0.15) is 0 Å². The van der Waals surface area contributed by atoms with Crippen LogP contribution in [-0.4, -0.2) is 37.4 Å². The molecule has 0 heterocycles. The zero-order valence-corrected chi connectivity index (χ0v) is 21.7. The van der Waals surface area contributed by atoms with Gasteiger partial charge in [0.2, 0.25) is 5.91 Å². The van der Waals surface area contributed by atoms with Gasteiger partial charge in [0.25, 0.3) is 0 Å². The Morgan fingerprint density at radius 1 is 0.944 bits per heavy atom. The first-order valence-electron chi connectivity index (χ1n) is 12.9. The second-order valence-electron chi connectivity index (χ2n) is 9.37. The van der Waals surface area contributed by atoms with Crippen LogP contribution in [0.3, 0.4) is 0 Å². The van der Waals surface area contributed by atoms with Crippen LogP contribution in [-0.2, 0) is 27.3 Å². The Hall–Kier alpha value is -3.19. The number of nitrogen functional groups attached to an aromatic ring is 1. The van der Waals surface area contributed by atoms with Gasteiger partial charge in [-0.15, -0.1) is 0 Å². The van der Waals surface area contributed by atoms with E-state index in [4.69, 9.17) is 15.9 Å². The van der Waals surface area contributed by atoms with Crippen LogP contribution in [0, 0.1) is 11.3 Å². The highest BCUT2D eigenvalue weighted by molar-refractivity contribution is 5.94. The molecule has 2 aromatic rings. The lowest BCUT2D eigenvalue weighted by atomic mass is 9.96. The Morgan fingerprint density at radius 2 is 1.67 bits per heavy atom. The SMILES string of the molecule is COC(=O)CCCCCN[C@H](CCc1ccccc1)CC[C@@H](C)C(=O)NCc1ccc(C(=N)N)cc1. The number of esters is 1. The number of hydrogen-bond acceptors (Lipinski definition) is 5. The fraction of sp³-hybridized carbons (Fsp3) is 0.483. The van der Waals surface area contributed by atoms with Gasteiger partial charge in [-0.25, -0.2) is 0 Å². The highest BCUT2D eigenvalue weighted by Gasteiger charge is 2.16. The van der Waals surface area contributed by atoms with E-state index in [2.05, 4.69) is 34.9 Å². The standard InChI is InChI=1S/C29H42N4O3/c1-22(29(35)33-21-24-13-16-25(17-14-24)28(30)31)12-18-26(19-15-23-9-5-3-6-10-23)32-20-8-4-7-11-27(34)36-2/h3,5-6,9-10,13-14,16-17,22,26,32H,4,7-8,11-12,15,18-21H2,1-2H3,(H3,30,31)(H,33,35)/t22-,26+/m1/s1. The van der Waals surface area contributed by atoms with Crippen molar-refractivity contribution in [3.05, 3.63) is 71.3 Å². The van der Waals surface area contributed by atoms with Gasteiger partial charge in [0.05, 0.1) is 7.11 Å². The summed E-state index contributed by atoms with van der Waals surface area (Å²) in [5, 5.41) is 14.2. The molecule has 0 radical (unpaired) electrons. The van der Waals surface area contributed by atoms with Crippen molar-refractivity contribution in [3.8, 4) is 0 Å². The van der Waals surface area contributed by atoms with E-state index >= 15 is 0 Å². The first kappa shape index (κ1) is 29.0. The molecule has 0 saturated carbocycles. The van der Waals surface area contributed by atoms with Gasteiger partial charge in [-0.1, -0.05) is 67.9 Å². The number of amides is 1. The molecular weight excluding hydrogens is 452 g/mol. The van der Waals surface area contributed by atoms with Crippen LogP contribution in [0.1, 0.15) is 68.6 Å². The number of carbonyl (C=O) groups excluding carboxylic acids is 2. The lowest BCUT2D eigenvalue weighted by Crippen LogP contribution is -2.33. The lowest BCUT2D eigenvalue weighted by molar-refractivity contribution is -0.140. The van der Waals surface area contributed by atoms with E-state index in [-0.39, 0.29) is 23.6 Å². The number of aryl methyl sites for hydroxylation is 1. The van der Waals surface area contributed by atoms with E-state index in [1.54, 1.807) is 12.1 Å². The summed E-state index contributed by atoms with van der Waals surface area (Å²) in [6.45, 7) is 3.34. The minimum atomic E-state index is -0.149. The van der Waals surface area contributed by atoms with E-state index in [1.165, 1.54) is 12.7 Å². The molecule has 0 aliphatic heterocycles. The molecule has 196 valence electrons. The highest BCUT2D eigenvalue weighted by atomic mass is 16.5. The van der Waals surface area contributed by atoms with E-state index < -0.39 is 0 Å². The molecule has 0 saturated heterocycles. The normalized spacial score (nSPS) is 12.5. The molecule has 0 aliphatic rings. The molecule has 0 bridgehead atoms. The number of benzene rings is 2. The number of carbonyl (C=O) groups is 2. The molecule has 0 aliphatic carbocycles. The van der Waals surface area contributed by atoms with Gasteiger partial charge in [0.15, 0.2) is 0 Å². The van der Waals surface area contributed by atoms with Crippen LogP contribution in [0.5, 0.6) is 0 Å². The molecule has 0 spiro atoms. The van der Waals surface area contributed by atoms with Crippen molar-refractivity contribution in [2.24, 2.45) is 11.7 Å². The van der Waals surface area contributed by atoms with Crippen LogP contribution in [0.15, 0.2) is 54.6 Å². The van der Waals surface area contributed by atoms with Crippen molar-refractivity contribution in [1.82, 2.24) is 10.6 Å². The Balaban J connectivity index is 1.77. The molecule has 0 aromatic heterocycles. The maximum Gasteiger partial charge on any atom is 0.305 e. The number of methoxy groups -OCH3 is 1. The fourth-order valence-corrected chi connectivity index (χ4v) is 4.06. The maximum atomic E-state index is 12.7. The van der Waals surface area contributed by atoms with E-state index in [0.29, 0.717) is 24.6 Å². The van der Waals surface area contributed by atoms with Crippen LogP contribution in [0.4, 0.5) is 0 Å². The Morgan fingerprint density at radius 3 is 2.33 bits per heavy atom. The largest absolute Gasteiger partial charge is 0.469 e. The second-order valence-corrected chi connectivity index (χ2v) is 9.37. The zero-order valence-electron chi connectivity index (χ0n) is 21.7. The predicted octanol–water partition coefficient (Wildman–Crippen LogP) is 4.33. The third-order valence-corrected chi connectivity index (χ3v) is 6.47. The first-order chi connectivity index (χ1) is 17.4. The summed E-state index contributed by atoms with van der Waals surface area (Å²) >= 11 is 0. The van der Waals surface area contributed by atoms with E-state index in [9.17, 15) is 9.59 Å². The number of unbranched alkanes of at least 4 members (excludes halogenated alkanes) is 2. The third kappa shape index (κ3) is 11.5. The van der Waals surface area contributed by atoms with Crippen molar-refractivity contribution in [3.63, 3.8) is 0 Å². The molecule has 7 heteroatoms. The number of amidine groups is 1. The van der Waals surface area contributed by atoms with Crippen LogP contribution in [0.2, 0.25) is 0 Å². The van der Waals surface area contributed by atoms with Gasteiger partial charge in [-0.05, 0) is 56.2 Å². The average Bonchev–Trinajstić information content (AvgIpc) is 2.90. The second kappa shape index (κ2) is 16.5. The number of ether oxygens (including phenoxy) is 1. The first-order valence-corrected chi connectivity index (χ1v) is 12.9. The Labute approximate surface area is 215 Å². The van der Waals surface area contributed by atoms with Crippen molar-refractivity contribution in [1.29, 1.82) is 5.41 Å². The Bertz CT molecular complexity index is 931. The van der Waals surface area contributed by atoms with Gasteiger partial charge in [0.1, 0.15) is 5.84 Å². The van der Waals surface area contributed by atoms with Gasteiger partial charge in [0, 0.05) is 30.5 Å². The summed E-state index contributed by atoms with van der Waals surface area (Å²) in [6, 6.07) is 18.2. The molecule has 0 fully saturated rings. The fourth-order valence-electron chi connectivity index (χ4n) is 4.06. The molecule has 1 amide bonds. The molecule has 36 heavy (non-hydrogen) atoms. The topological polar surface area (TPSA) is 117 Å². The van der Waals surface area contributed by atoms with Crippen molar-refractivity contribution < 1.29 is 14.3 Å². The number of nitrogens with two attached hydrogens (primary N) is 1. The summed E-state index contributed by atoms with van der Waals surface area (Å²) in [4.78, 5) is 23.9. The third-order valence-electron chi connectivity index (χ3n) is 6.47. The summed E-state index contributed by atoms with van der Waals surface area (Å²) < 4.78 is 4.70.